The summed E-state index contributed by atoms with van der Waals surface area (Å²) in [7, 11) is 1.72. The van der Waals surface area contributed by atoms with Gasteiger partial charge in [0.1, 0.15) is 5.60 Å². The van der Waals surface area contributed by atoms with Crippen molar-refractivity contribution in [3.8, 4) is 22.6 Å². The average molecular weight is 413 g/mol. The average Bonchev–Trinajstić information content (AvgIpc) is 3.07. The van der Waals surface area contributed by atoms with Crippen LogP contribution in [0.4, 0.5) is 0 Å². The number of hydrogen-bond donors (Lipinski definition) is 0. The smallest absolute Gasteiger partial charge is 0.166 e. The number of fused-ring (bicyclic) bond motifs is 3. The Balaban J connectivity index is 1.79. The van der Waals surface area contributed by atoms with Crippen LogP contribution in [0.15, 0.2) is 59.9 Å². The van der Waals surface area contributed by atoms with Gasteiger partial charge in [-0.2, -0.15) is 0 Å². The van der Waals surface area contributed by atoms with Gasteiger partial charge in [0.25, 0.3) is 0 Å². The van der Waals surface area contributed by atoms with Gasteiger partial charge in [-0.05, 0) is 69.0 Å². The lowest BCUT2D eigenvalue weighted by Crippen LogP contribution is -2.31. The Hall–Kier alpha value is -3.14. The SMILES string of the molecule is COc1cc2c(c3c1OC(C)(C)C3)C(c1ccccc1-c1ccncc1)=NC(C)(C)C2. The van der Waals surface area contributed by atoms with Gasteiger partial charge in [0.05, 0.1) is 18.4 Å². The summed E-state index contributed by atoms with van der Waals surface area (Å²) in [5, 5.41) is 0. The Bertz CT molecular complexity index is 1190. The molecule has 31 heavy (non-hydrogen) atoms. The van der Waals surface area contributed by atoms with Crippen molar-refractivity contribution >= 4 is 5.71 Å². The quantitative estimate of drug-likeness (QED) is 0.559. The maximum Gasteiger partial charge on any atom is 0.166 e. The molecule has 0 bridgehead atoms. The number of benzene rings is 2. The third-order valence-corrected chi connectivity index (χ3v) is 6.07. The molecule has 0 fully saturated rings. The van der Waals surface area contributed by atoms with Crippen LogP contribution in [0.1, 0.15) is 49.9 Å². The van der Waals surface area contributed by atoms with E-state index < -0.39 is 0 Å². The van der Waals surface area contributed by atoms with E-state index >= 15 is 0 Å². The van der Waals surface area contributed by atoms with Crippen molar-refractivity contribution in [2.75, 3.05) is 7.11 Å². The van der Waals surface area contributed by atoms with E-state index in [1.165, 1.54) is 16.7 Å². The zero-order chi connectivity index (χ0) is 21.8. The first-order chi connectivity index (χ1) is 14.8. The molecule has 0 radical (unpaired) electrons. The lowest BCUT2D eigenvalue weighted by Gasteiger charge is -2.31. The highest BCUT2D eigenvalue weighted by molar-refractivity contribution is 6.19. The van der Waals surface area contributed by atoms with Crippen molar-refractivity contribution in [1.29, 1.82) is 0 Å². The molecule has 2 aromatic carbocycles. The van der Waals surface area contributed by atoms with Gasteiger partial charge in [0, 0.05) is 35.5 Å². The molecule has 4 nitrogen and oxygen atoms in total. The number of hydrogen-bond acceptors (Lipinski definition) is 4. The number of nitrogens with zero attached hydrogens (tertiary/aromatic N) is 2. The summed E-state index contributed by atoms with van der Waals surface area (Å²) in [6.45, 7) is 8.66. The fourth-order valence-electron chi connectivity index (χ4n) is 4.89. The third kappa shape index (κ3) is 3.40. The largest absolute Gasteiger partial charge is 0.493 e. The summed E-state index contributed by atoms with van der Waals surface area (Å²) in [5.74, 6) is 1.68. The number of methoxy groups -OCH3 is 1. The summed E-state index contributed by atoms with van der Waals surface area (Å²) in [6, 6.07) is 14.8. The molecule has 0 saturated carbocycles. The molecule has 0 saturated heterocycles. The molecule has 3 aromatic rings. The van der Waals surface area contributed by atoms with Crippen molar-refractivity contribution in [2.45, 2.75) is 51.7 Å². The van der Waals surface area contributed by atoms with Crippen LogP contribution in [0.25, 0.3) is 11.1 Å². The topological polar surface area (TPSA) is 43.7 Å². The normalized spacial score (nSPS) is 17.9. The van der Waals surface area contributed by atoms with Crippen LogP contribution in [-0.4, -0.2) is 28.9 Å². The molecule has 0 atom stereocenters. The molecule has 0 amide bonds. The van der Waals surface area contributed by atoms with E-state index in [1.54, 1.807) is 7.11 Å². The van der Waals surface area contributed by atoms with Crippen molar-refractivity contribution in [3.63, 3.8) is 0 Å². The van der Waals surface area contributed by atoms with Gasteiger partial charge in [0.2, 0.25) is 0 Å². The maximum atomic E-state index is 6.35. The van der Waals surface area contributed by atoms with Gasteiger partial charge < -0.3 is 9.47 Å². The monoisotopic (exact) mass is 412 g/mol. The second-order valence-corrected chi connectivity index (χ2v) is 9.69. The number of aromatic nitrogens is 1. The first-order valence-corrected chi connectivity index (χ1v) is 10.8. The minimum Gasteiger partial charge on any atom is -0.493 e. The zero-order valence-electron chi connectivity index (χ0n) is 18.8. The zero-order valence-corrected chi connectivity index (χ0v) is 18.8. The van der Waals surface area contributed by atoms with Crippen molar-refractivity contribution < 1.29 is 9.47 Å². The van der Waals surface area contributed by atoms with Crippen LogP contribution in [0.2, 0.25) is 0 Å². The highest BCUT2D eigenvalue weighted by Crippen LogP contribution is 2.48. The number of pyridine rings is 1. The molecule has 0 N–H and O–H groups in total. The lowest BCUT2D eigenvalue weighted by molar-refractivity contribution is 0.134. The minimum atomic E-state index is -0.270. The van der Waals surface area contributed by atoms with E-state index in [-0.39, 0.29) is 11.1 Å². The van der Waals surface area contributed by atoms with Crippen LogP contribution >= 0.6 is 0 Å². The molecule has 0 unspecified atom stereocenters. The van der Waals surface area contributed by atoms with Crippen LogP contribution < -0.4 is 9.47 Å². The van der Waals surface area contributed by atoms with E-state index in [0.717, 1.165) is 46.7 Å². The first-order valence-electron chi connectivity index (χ1n) is 10.8. The molecule has 0 aliphatic carbocycles. The Morgan fingerprint density at radius 1 is 0.935 bits per heavy atom. The van der Waals surface area contributed by atoms with E-state index in [1.807, 2.05) is 12.4 Å². The summed E-state index contributed by atoms with van der Waals surface area (Å²) >= 11 is 0. The molecular formula is C27H28N2O2. The second kappa shape index (κ2) is 6.94. The van der Waals surface area contributed by atoms with Gasteiger partial charge in [-0.15, -0.1) is 0 Å². The fraction of sp³-hybridized carbons (Fsp3) is 0.333. The Labute approximate surface area is 184 Å². The fourth-order valence-corrected chi connectivity index (χ4v) is 4.89. The van der Waals surface area contributed by atoms with E-state index in [4.69, 9.17) is 14.5 Å². The molecule has 3 heterocycles. The molecule has 2 aliphatic heterocycles. The van der Waals surface area contributed by atoms with Crippen LogP contribution in [-0.2, 0) is 12.8 Å². The molecular weight excluding hydrogens is 384 g/mol. The Kier molecular flexibility index (Phi) is 4.44. The first kappa shape index (κ1) is 19.8. The predicted octanol–water partition coefficient (Wildman–Crippen LogP) is 5.64. The van der Waals surface area contributed by atoms with E-state index in [2.05, 4.69) is 75.1 Å². The van der Waals surface area contributed by atoms with Crippen LogP contribution in [0.5, 0.6) is 11.5 Å². The molecule has 0 spiro atoms. The van der Waals surface area contributed by atoms with Crippen molar-refractivity contribution in [1.82, 2.24) is 4.98 Å². The van der Waals surface area contributed by atoms with Gasteiger partial charge in [-0.3, -0.25) is 9.98 Å². The number of rotatable bonds is 3. The minimum absolute atomic E-state index is 0.206. The van der Waals surface area contributed by atoms with E-state index in [9.17, 15) is 0 Å². The summed E-state index contributed by atoms with van der Waals surface area (Å²) < 4.78 is 12.1. The van der Waals surface area contributed by atoms with Gasteiger partial charge >= 0.3 is 0 Å². The maximum absolute atomic E-state index is 6.35. The van der Waals surface area contributed by atoms with Crippen LogP contribution in [0.3, 0.4) is 0 Å². The summed E-state index contributed by atoms with van der Waals surface area (Å²) in [6.07, 6.45) is 5.38. The molecule has 2 aliphatic rings. The van der Waals surface area contributed by atoms with Crippen molar-refractivity contribution in [3.05, 3.63) is 77.1 Å². The van der Waals surface area contributed by atoms with E-state index in [0.29, 0.717) is 0 Å². The molecule has 158 valence electrons. The van der Waals surface area contributed by atoms with Gasteiger partial charge in [-0.25, -0.2) is 0 Å². The Morgan fingerprint density at radius 2 is 1.65 bits per heavy atom. The molecule has 4 heteroatoms. The van der Waals surface area contributed by atoms with Gasteiger partial charge in [-0.1, -0.05) is 24.3 Å². The molecule has 5 rings (SSSR count). The summed E-state index contributed by atoms with van der Waals surface area (Å²) in [4.78, 5) is 9.49. The number of ether oxygens (including phenoxy) is 2. The highest BCUT2D eigenvalue weighted by Gasteiger charge is 2.40. The van der Waals surface area contributed by atoms with Crippen LogP contribution in [0, 0.1) is 0 Å². The van der Waals surface area contributed by atoms with Gasteiger partial charge in [0.15, 0.2) is 11.5 Å². The third-order valence-electron chi connectivity index (χ3n) is 6.07. The highest BCUT2D eigenvalue weighted by atomic mass is 16.5. The Morgan fingerprint density at radius 3 is 2.35 bits per heavy atom. The predicted molar refractivity (Wildman–Crippen MR) is 125 cm³/mol. The molecule has 1 aromatic heterocycles. The van der Waals surface area contributed by atoms with Crippen molar-refractivity contribution in [2.24, 2.45) is 4.99 Å². The lowest BCUT2D eigenvalue weighted by atomic mass is 9.79. The summed E-state index contributed by atoms with van der Waals surface area (Å²) in [5.41, 5.74) is 7.69. The second-order valence-electron chi connectivity index (χ2n) is 9.69. The number of aliphatic imine (C=N–C) groups is 1. The standard InChI is InChI=1S/C27H28N2O2/c1-26(2)15-18-14-22(30-5)25-21(16-27(3,4)31-25)23(18)24(29-26)20-9-7-6-8-19(20)17-10-12-28-13-11-17/h6-14H,15-16H2,1-5H3.